The predicted molar refractivity (Wildman–Crippen MR) is 67.8 cm³/mol. The van der Waals surface area contributed by atoms with Crippen LogP contribution in [0.1, 0.15) is 21.0 Å². The first-order valence-electron chi connectivity index (χ1n) is 5.58. The smallest absolute Gasteiger partial charge is 0.276 e. The second-order valence-corrected chi connectivity index (χ2v) is 3.97. The Morgan fingerprint density at radius 1 is 1.16 bits per heavy atom. The Hall–Kier alpha value is -2.64. The van der Waals surface area contributed by atoms with Crippen LogP contribution in [0.2, 0.25) is 0 Å². The van der Waals surface area contributed by atoms with Gasteiger partial charge in [-0.15, -0.1) is 0 Å². The molecular weight excluding hydrogens is 248 g/mol. The predicted octanol–water partition coefficient (Wildman–Crippen LogP) is -0.235. The second-order valence-electron chi connectivity index (χ2n) is 3.97. The molecule has 0 aliphatic heterocycles. The Labute approximate surface area is 109 Å². The van der Waals surface area contributed by atoms with Crippen LogP contribution in [0.25, 0.3) is 0 Å². The molecule has 2 aromatic heterocycles. The molecule has 0 aromatic carbocycles. The molecule has 19 heavy (non-hydrogen) atoms. The topological polar surface area (TPSA) is 93.8 Å². The standard InChI is InChI=1S/C11H14N6O2/c1-12-11(19)9-8(6-17(3)15-9)13-10(18)7-4-5-16(2)14-7/h4-6H,1-3H3,(H,12,19)(H,13,18). The largest absolute Gasteiger partial charge is 0.354 e. The summed E-state index contributed by atoms with van der Waals surface area (Å²) in [6, 6.07) is 1.59. The number of anilines is 1. The van der Waals surface area contributed by atoms with Crippen LogP contribution in [0.5, 0.6) is 0 Å². The highest BCUT2D eigenvalue weighted by Gasteiger charge is 2.18. The molecule has 2 amide bonds. The van der Waals surface area contributed by atoms with Gasteiger partial charge in [-0.3, -0.25) is 19.0 Å². The molecule has 2 N–H and O–H groups in total. The molecule has 0 saturated heterocycles. The van der Waals surface area contributed by atoms with E-state index < -0.39 is 5.91 Å². The molecule has 0 unspecified atom stereocenters. The van der Waals surface area contributed by atoms with Gasteiger partial charge in [-0.1, -0.05) is 0 Å². The Bertz CT molecular complexity index is 627. The van der Waals surface area contributed by atoms with Crippen LogP contribution in [0.3, 0.4) is 0 Å². The molecule has 0 radical (unpaired) electrons. The molecule has 0 fully saturated rings. The van der Waals surface area contributed by atoms with Gasteiger partial charge in [0.05, 0.1) is 5.69 Å². The number of amides is 2. The number of hydrogen-bond donors (Lipinski definition) is 2. The second kappa shape index (κ2) is 4.92. The fraction of sp³-hybridized carbons (Fsp3) is 0.273. The summed E-state index contributed by atoms with van der Waals surface area (Å²) in [5.74, 6) is -0.754. The maximum Gasteiger partial charge on any atom is 0.276 e. The van der Waals surface area contributed by atoms with E-state index in [9.17, 15) is 9.59 Å². The minimum absolute atomic E-state index is 0.161. The van der Waals surface area contributed by atoms with E-state index in [1.807, 2.05) is 0 Å². The fourth-order valence-electron chi connectivity index (χ4n) is 1.59. The van der Waals surface area contributed by atoms with E-state index in [0.29, 0.717) is 5.69 Å². The Morgan fingerprint density at radius 2 is 1.89 bits per heavy atom. The molecule has 8 nitrogen and oxygen atoms in total. The monoisotopic (exact) mass is 262 g/mol. The van der Waals surface area contributed by atoms with Crippen molar-refractivity contribution in [3.05, 3.63) is 29.8 Å². The zero-order valence-corrected chi connectivity index (χ0v) is 10.8. The molecule has 2 rings (SSSR count). The number of nitrogens with one attached hydrogen (secondary N) is 2. The van der Waals surface area contributed by atoms with Crippen LogP contribution in [0.15, 0.2) is 18.5 Å². The normalized spacial score (nSPS) is 10.3. The van der Waals surface area contributed by atoms with Crippen molar-refractivity contribution in [1.29, 1.82) is 0 Å². The summed E-state index contributed by atoms with van der Waals surface area (Å²) < 4.78 is 2.98. The van der Waals surface area contributed by atoms with Crippen LogP contribution >= 0.6 is 0 Å². The SMILES string of the molecule is CNC(=O)c1nn(C)cc1NC(=O)c1ccn(C)n1. The summed E-state index contributed by atoms with van der Waals surface area (Å²) in [6.45, 7) is 0. The van der Waals surface area contributed by atoms with Gasteiger partial charge >= 0.3 is 0 Å². The lowest BCUT2D eigenvalue weighted by Crippen LogP contribution is -2.21. The van der Waals surface area contributed by atoms with Crippen molar-refractivity contribution >= 4 is 17.5 Å². The summed E-state index contributed by atoms with van der Waals surface area (Å²) in [6.07, 6.45) is 3.23. The van der Waals surface area contributed by atoms with Gasteiger partial charge in [0, 0.05) is 33.5 Å². The van der Waals surface area contributed by atoms with Crippen molar-refractivity contribution in [2.24, 2.45) is 14.1 Å². The molecule has 0 atom stereocenters. The number of hydrogen-bond acceptors (Lipinski definition) is 4. The molecule has 0 aliphatic carbocycles. The first-order chi connectivity index (χ1) is 9.01. The fourth-order valence-corrected chi connectivity index (χ4v) is 1.59. The van der Waals surface area contributed by atoms with E-state index in [1.54, 1.807) is 32.6 Å². The van der Waals surface area contributed by atoms with Crippen LogP contribution in [-0.4, -0.2) is 38.4 Å². The molecule has 0 aliphatic rings. The molecule has 2 heterocycles. The highest BCUT2D eigenvalue weighted by atomic mass is 16.2. The quantitative estimate of drug-likeness (QED) is 0.798. The zero-order valence-electron chi connectivity index (χ0n) is 10.8. The summed E-state index contributed by atoms with van der Waals surface area (Å²) in [5.41, 5.74) is 0.779. The highest BCUT2D eigenvalue weighted by molar-refractivity contribution is 6.07. The van der Waals surface area contributed by atoms with E-state index in [-0.39, 0.29) is 17.3 Å². The molecule has 100 valence electrons. The Morgan fingerprint density at radius 3 is 2.47 bits per heavy atom. The zero-order chi connectivity index (χ0) is 14.0. The van der Waals surface area contributed by atoms with Gasteiger partial charge in [0.1, 0.15) is 0 Å². The maximum absolute atomic E-state index is 11.9. The number of nitrogens with zero attached hydrogens (tertiary/aromatic N) is 4. The molecule has 8 heteroatoms. The molecule has 2 aromatic rings. The van der Waals surface area contributed by atoms with E-state index in [4.69, 9.17) is 0 Å². The lowest BCUT2D eigenvalue weighted by Gasteiger charge is -2.02. The van der Waals surface area contributed by atoms with E-state index in [0.717, 1.165) is 0 Å². The van der Waals surface area contributed by atoms with Crippen molar-refractivity contribution in [3.8, 4) is 0 Å². The first-order valence-corrected chi connectivity index (χ1v) is 5.58. The van der Waals surface area contributed by atoms with E-state index in [1.165, 1.54) is 16.4 Å². The minimum atomic E-state index is -0.390. The summed E-state index contributed by atoms with van der Waals surface area (Å²) in [5, 5.41) is 13.1. The van der Waals surface area contributed by atoms with Crippen molar-refractivity contribution in [3.63, 3.8) is 0 Å². The Balaban J connectivity index is 2.24. The Kier molecular flexibility index (Phi) is 3.32. The lowest BCUT2D eigenvalue weighted by molar-refractivity contribution is 0.0958. The van der Waals surface area contributed by atoms with Crippen LogP contribution in [-0.2, 0) is 14.1 Å². The molecule has 0 spiro atoms. The average Bonchev–Trinajstić information content (AvgIpc) is 2.95. The average molecular weight is 262 g/mol. The number of carbonyl (C=O) groups excluding carboxylic acids is 2. The van der Waals surface area contributed by atoms with Crippen molar-refractivity contribution in [2.75, 3.05) is 12.4 Å². The van der Waals surface area contributed by atoms with Crippen molar-refractivity contribution in [2.45, 2.75) is 0 Å². The third-order valence-corrected chi connectivity index (χ3v) is 2.47. The van der Waals surface area contributed by atoms with Gasteiger partial charge in [-0.05, 0) is 6.07 Å². The van der Waals surface area contributed by atoms with Crippen molar-refractivity contribution < 1.29 is 9.59 Å². The van der Waals surface area contributed by atoms with Crippen molar-refractivity contribution in [1.82, 2.24) is 24.9 Å². The summed E-state index contributed by atoms with van der Waals surface area (Å²) in [4.78, 5) is 23.6. The van der Waals surface area contributed by atoms with Gasteiger partial charge in [-0.2, -0.15) is 10.2 Å². The van der Waals surface area contributed by atoms with Gasteiger partial charge < -0.3 is 10.6 Å². The number of aryl methyl sites for hydroxylation is 2. The van der Waals surface area contributed by atoms with Crippen LogP contribution in [0, 0.1) is 0 Å². The number of aromatic nitrogens is 4. The minimum Gasteiger partial charge on any atom is -0.354 e. The lowest BCUT2D eigenvalue weighted by atomic mass is 10.3. The van der Waals surface area contributed by atoms with E-state index >= 15 is 0 Å². The summed E-state index contributed by atoms with van der Waals surface area (Å²) in [7, 11) is 4.89. The number of rotatable bonds is 3. The van der Waals surface area contributed by atoms with Gasteiger partial charge in [0.2, 0.25) is 0 Å². The molecular formula is C11H14N6O2. The highest BCUT2D eigenvalue weighted by Crippen LogP contribution is 2.14. The van der Waals surface area contributed by atoms with Crippen LogP contribution in [0.4, 0.5) is 5.69 Å². The van der Waals surface area contributed by atoms with Gasteiger partial charge in [0.25, 0.3) is 11.8 Å². The maximum atomic E-state index is 11.9. The van der Waals surface area contributed by atoms with Gasteiger partial charge in [-0.25, -0.2) is 0 Å². The van der Waals surface area contributed by atoms with Gasteiger partial charge in [0.15, 0.2) is 11.4 Å². The van der Waals surface area contributed by atoms with Crippen LogP contribution < -0.4 is 10.6 Å². The molecule has 0 saturated carbocycles. The number of carbonyl (C=O) groups is 2. The first kappa shape index (κ1) is 12.8. The summed E-state index contributed by atoms with van der Waals surface area (Å²) >= 11 is 0. The third kappa shape index (κ3) is 2.62. The third-order valence-electron chi connectivity index (χ3n) is 2.47. The molecule has 0 bridgehead atoms. The van der Waals surface area contributed by atoms with E-state index in [2.05, 4.69) is 20.8 Å².